The van der Waals surface area contributed by atoms with Gasteiger partial charge in [-0.2, -0.15) is 0 Å². The number of rotatable bonds is 3. The van der Waals surface area contributed by atoms with Crippen LogP contribution >= 0.6 is 11.6 Å². The van der Waals surface area contributed by atoms with Gasteiger partial charge in [-0.25, -0.2) is 23.2 Å². The zero-order valence-corrected chi connectivity index (χ0v) is 12.7. The first kappa shape index (κ1) is 18.9. The molecule has 8 heteroatoms. The third-order valence-corrected chi connectivity index (χ3v) is 2.23. The fourth-order valence-electron chi connectivity index (χ4n) is 1.06. The number of ether oxygens (including phenoxy) is 1. The Balaban J connectivity index is 0.000000621. The van der Waals surface area contributed by atoms with Gasteiger partial charge in [0.15, 0.2) is 6.21 Å². The minimum atomic E-state index is -4.94. The summed E-state index contributed by atoms with van der Waals surface area (Å²) in [6.45, 7) is 0. The first-order valence-corrected chi connectivity index (χ1v) is 6.88. The lowest BCUT2D eigenvalue weighted by atomic mass is 10.2. The predicted octanol–water partition coefficient (Wildman–Crippen LogP) is -2.14. The number of allylic oxidation sites excluding steroid dienone is 1. The number of benzene rings is 1. The zero-order chi connectivity index (χ0) is 15.8. The van der Waals surface area contributed by atoms with Crippen molar-refractivity contribution >= 4 is 22.8 Å². The van der Waals surface area contributed by atoms with Crippen LogP contribution in [-0.4, -0.2) is 32.0 Å². The van der Waals surface area contributed by atoms with E-state index in [1.165, 1.54) is 0 Å². The molecule has 0 radical (unpaired) electrons. The van der Waals surface area contributed by atoms with E-state index in [-0.39, 0.29) is 0 Å². The van der Waals surface area contributed by atoms with Crippen molar-refractivity contribution in [1.29, 1.82) is 0 Å². The van der Waals surface area contributed by atoms with Crippen molar-refractivity contribution in [3.63, 3.8) is 0 Å². The summed E-state index contributed by atoms with van der Waals surface area (Å²) in [6.07, 6.45) is 3.77. The second kappa shape index (κ2) is 8.91. The molecule has 1 aromatic carbocycles. The standard InChI is InChI=1S/C12H15ClNO.ClHO4/c1-14(2)9-8-12(13)10-4-6-11(15-3)7-5-10;2-1(3,4)5/h4-9H,1-3H3;(H,2,3,4,5)/q+1;/p-1. The molecule has 0 bridgehead atoms. The molecule has 0 unspecified atom stereocenters. The largest absolute Gasteiger partial charge is 0.497 e. The molecule has 0 amide bonds. The highest BCUT2D eigenvalue weighted by Crippen LogP contribution is 2.20. The van der Waals surface area contributed by atoms with Crippen LogP contribution in [0, 0.1) is 10.2 Å². The summed E-state index contributed by atoms with van der Waals surface area (Å²) in [5, 5.41) is 0.714. The number of hydrogen-bond acceptors (Lipinski definition) is 5. The van der Waals surface area contributed by atoms with Gasteiger partial charge in [-0.3, -0.25) is 0 Å². The molecule has 0 aliphatic carbocycles. The second-order valence-electron chi connectivity index (χ2n) is 3.73. The number of halogens is 2. The lowest BCUT2D eigenvalue weighted by molar-refractivity contribution is -2.00. The van der Waals surface area contributed by atoms with Crippen molar-refractivity contribution in [2.75, 3.05) is 21.2 Å². The first-order chi connectivity index (χ1) is 9.13. The van der Waals surface area contributed by atoms with Crippen molar-refractivity contribution in [2.45, 2.75) is 0 Å². The van der Waals surface area contributed by atoms with Crippen LogP contribution in [0.4, 0.5) is 0 Å². The summed E-state index contributed by atoms with van der Waals surface area (Å²) < 4.78 is 41.0. The van der Waals surface area contributed by atoms with Crippen molar-refractivity contribution in [2.24, 2.45) is 0 Å². The minimum absolute atomic E-state index is 0.714. The molecule has 0 fully saturated rings. The smallest absolute Gasteiger partial charge is 0.164 e. The topological polar surface area (TPSA) is 104 Å². The molecule has 0 heterocycles. The van der Waals surface area contributed by atoms with Gasteiger partial charge in [-0.1, -0.05) is 11.6 Å². The quantitative estimate of drug-likeness (QED) is 0.466. The van der Waals surface area contributed by atoms with E-state index < -0.39 is 10.2 Å². The Morgan fingerprint density at radius 1 is 1.15 bits per heavy atom. The van der Waals surface area contributed by atoms with E-state index in [4.69, 9.17) is 35.0 Å². The lowest BCUT2D eigenvalue weighted by Crippen LogP contribution is -2.68. The van der Waals surface area contributed by atoms with Crippen LogP contribution in [0.25, 0.3) is 5.03 Å². The Hall–Kier alpha value is -1.15. The normalized spacial score (nSPS) is 11.3. The molecular weight excluding hydrogens is 309 g/mol. The monoisotopic (exact) mass is 323 g/mol. The van der Waals surface area contributed by atoms with Gasteiger partial charge in [0.2, 0.25) is 0 Å². The van der Waals surface area contributed by atoms with E-state index >= 15 is 0 Å². The van der Waals surface area contributed by atoms with Gasteiger partial charge in [0.25, 0.3) is 0 Å². The average Bonchev–Trinajstić information content (AvgIpc) is 2.34. The van der Waals surface area contributed by atoms with Crippen molar-refractivity contribution in [3.05, 3.63) is 35.9 Å². The second-order valence-corrected chi connectivity index (χ2v) is 4.90. The van der Waals surface area contributed by atoms with Gasteiger partial charge in [-0.05, 0) is 29.8 Å². The fraction of sp³-hybridized carbons (Fsp3) is 0.250. The maximum absolute atomic E-state index is 8.49. The van der Waals surface area contributed by atoms with Gasteiger partial charge >= 0.3 is 0 Å². The van der Waals surface area contributed by atoms with Crippen LogP contribution < -0.4 is 23.4 Å². The van der Waals surface area contributed by atoms with E-state index in [0.717, 1.165) is 11.3 Å². The summed E-state index contributed by atoms with van der Waals surface area (Å²) in [6, 6.07) is 7.64. The molecule has 0 aromatic heterocycles. The van der Waals surface area contributed by atoms with Crippen LogP contribution in [0.15, 0.2) is 30.3 Å². The molecule has 20 heavy (non-hydrogen) atoms. The molecule has 0 atom stereocenters. The van der Waals surface area contributed by atoms with Gasteiger partial charge < -0.3 is 4.74 Å². The van der Waals surface area contributed by atoms with Crippen LogP contribution in [0.1, 0.15) is 5.56 Å². The van der Waals surface area contributed by atoms with Crippen molar-refractivity contribution < 1.29 is 38.2 Å². The maximum Gasteiger partial charge on any atom is 0.164 e. The molecule has 0 saturated heterocycles. The van der Waals surface area contributed by atoms with E-state index in [2.05, 4.69) is 0 Å². The van der Waals surface area contributed by atoms with Crippen LogP contribution in [0.2, 0.25) is 0 Å². The van der Waals surface area contributed by atoms with Crippen molar-refractivity contribution in [3.8, 4) is 5.75 Å². The SMILES string of the molecule is COc1ccc(C(Cl)=CC=[N+](C)C)cc1.[O-][Cl+3]([O-])([O-])[O-]. The average molecular weight is 324 g/mol. The zero-order valence-electron chi connectivity index (χ0n) is 11.2. The molecular formula is C12H15Cl2NO5. The van der Waals surface area contributed by atoms with E-state index in [0.29, 0.717) is 5.03 Å². The molecule has 0 spiro atoms. The van der Waals surface area contributed by atoms with Gasteiger partial charge in [0, 0.05) is 6.08 Å². The molecule has 0 saturated carbocycles. The van der Waals surface area contributed by atoms with E-state index in [1.54, 1.807) is 7.11 Å². The summed E-state index contributed by atoms with van der Waals surface area (Å²) in [7, 11) is 0.607. The van der Waals surface area contributed by atoms with E-state index in [1.807, 2.05) is 55.2 Å². The number of methoxy groups -OCH3 is 1. The Labute approximate surface area is 124 Å². The third kappa shape index (κ3) is 10.7. The molecule has 1 aromatic rings. The Morgan fingerprint density at radius 3 is 1.95 bits per heavy atom. The third-order valence-electron chi connectivity index (χ3n) is 1.88. The number of nitrogens with zero attached hydrogens (tertiary/aromatic N) is 1. The van der Waals surface area contributed by atoms with Gasteiger partial charge in [0.05, 0.1) is 12.1 Å². The fourth-order valence-corrected chi connectivity index (χ4v) is 1.24. The maximum atomic E-state index is 8.49. The Morgan fingerprint density at radius 2 is 1.60 bits per heavy atom. The summed E-state index contributed by atoms with van der Waals surface area (Å²) in [4.78, 5) is 0. The molecule has 0 aliphatic rings. The molecule has 6 nitrogen and oxygen atoms in total. The highest BCUT2D eigenvalue weighted by molar-refractivity contribution is 6.49. The molecule has 1 rings (SSSR count). The molecule has 112 valence electrons. The highest BCUT2D eigenvalue weighted by atomic mass is 35.7. The van der Waals surface area contributed by atoms with Crippen LogP contribution in [0.3, 0.4) is 0 Å². The van der Waals surface area contributed by atoms with Crippen LogP contribution in [0.5, 0.6) is 5.75 Å². The van der Waals surface area contributed by atoms with E-state index in [9.17, 15) is 0 Å². The molecule has 0 N–H and O–H groups in total. The van der Waals surface area contributed by atoms with Gasteiger partial charge in [-0.15, -0.1) is 10.2 Å². The van der Waals surface area contributed by atoms with Gasteiger partial charge in [0.1, 0.15) is 19.8 Å². The lowest BCUT2D eigenvalue weighted by Gasteiger charge is -2.17. The minimum Gasteiger partial charge on any atom is -0.497 e. The number of hydrogen-bond donors (Lipinski definition) is 0. The Kier molecular flexibility index (Phi) is 8.40. The highest BCUT2D eigenvalue weighted by Gasteiger charge is 1.98. The van der Waals surface area contributed by atoms with Crippen molar-refractivity contribution in [1.82, 2.24) is 0 Å². The molecule has 0 aliphatic heterocycles. The summed E-state index contributed by atoms with van der Waals surface area (Å²) in [5.41, 5.74) is 0.982. The Bertz CT molecular complexity index is 456. The first-order valence-electron chi connectivity index (χ1n) is 5.26. The summed E-state index contributed by atoms with van der Waals surface area (Å²) >= 11 is 6.11. The van der Waals surface area contributed by atoms with Crippen LogP contribution in [-0.2, 0) is 0 Å². The summed E-state index contributed by atoms with van der Waals surface area (Å²) in [5.74, 6) is 0.833. The predicted molar refractivity (Wildman–Crippen MR) is 65.0 cm³/mol.